The van der Waals surface area contributed by atoms with E-state index in [-0.39, 0.29) is 11.6 Å². The van der Waals surface area contributed by atoms with Gasteiger partial charge >= 0.3 is 6.03 Å². The molecule has 0 radical (unpaired) electrons. The molecule has 1 rings (SSSR count). The summed E-state index contributed by atoms with van der Waals surface area (Å²) < 4.78 is 0. The van der Waals surface area contributed by atoms with Gasteiger partial charge in [0.1, 0.15) is 0 Å². The van der Waals surface area contributed by atoms with Crippen LogP contribution in [0.1, 0.15) is 46.0 Å². The van der Waals surface area contributed by atoms with Crippen LogP contribution < -0.4 is 16.4 Å². The second-order valence-electron chi connectivity index (χ2n) is 5.15. The number of nitrogens with two attached hydrogens (primary N) is 1. The lowest BCUT2D eigenvalue weighted by atomic mass is 9.96. The van der Waals surface area contributed by atoms with Crippen LogP contribution in [0, 0.1) is 0 Å². The Morgan fingerprint density at radius 3 is 2.47 bits per heavy atom. The molecule has 4 N–H and O–H groups in total. The number of hydrogen-bond donors (Lipinski definition) is 3. The van der Waals surface area contributed by atoms with Crippen molar-refractivity contribution in [2.75, 3.05) is 6.54 Å². The predicted molar refractivity (Wildman–Crippen MR) is 61.7 cm³/mol. The molecule has 0 aromatic rings. The highest BCUT2D eigenvalue weighted by molar-refractivity contribution is 5.74. The van der Waals surface area contributed by atoms with Crippen LogP contribution in [0.25, 0.3) is 0 Å². The monoisotopic (exact) mass is 213 g/mol. The van der Waals surface area contributed by atoms with Gasteiger partial charge in [0.15, 0.2) is 0 Å². The normalized spacial score (nSPS) is 18.6. The molecule has 1 aliphatic rings. The Kier molecular flexibility index (Phi) is 4.39. The second-order valence-corrected chi connectivity index (χ2v) is 5.15. The lowest BCUT2D eigenvalue weighted by molar-refractivity contribution is 0.230. The Morgan fingerprint density at radius 2 is 1.93 bits per heavy atom. The molecule has 0 heterocycles. The lowest BCUT2D eigenvalue weighted by Gasteiger charge is -2.24. The summed E-state index contributed by atoms with van der Waals surface area (Å²) in [6.45, 7) is 4.30. The van der Waals surface area contributed by atoms with Crippen molar-refractivity contribution in [2.24, 2.45) is 5.73 Å². The van der Waals surface area contributed by atoms with E-state index in [1.165, 1.54) is 19.3 Å². The highest BCUT2D eigenvalue weighted by Gasteiger charge is 2.17. The van der Waals surface area contributed by atoms with Crippen LogP contribution in [0.5, 0.6) is 0 Å². The second kappa shape index (κ2) is 5.35. The SMILES string of the molecule is CC(C)(N)CNC(=O)NC1CCCCC1. The molecular formula is C11H23N3O. The maximum Gasteiger partial charge on any atom is 0.315 e. The van der Waals surface area contributed by atoms with Crippen LogP contribution in [0.2, 0.25) is 0 Å². The van der Waals surface area contributed by atoms with E-state index in [2.05, 4.69) is 10.6 Å². The molecule has 1 aliphatic carbocycles. The van der Waals surface area contributed by atoms with Crippen molar-refractivity contribution in [2.45, 2.75) is 57.5 Å². The molecule has 0 aromatic heterocycles. The molecule has 0 saturated heterocycles. The minimum Gasteiger partial charge on any atom is -0.336 e. The first-order chi connectivity index (χ1) is 6.97. The number of hydrogen-bond acceptors (Lipinski definition) is 2. The summed E-state index contributed by atoms with van der Waals surface area (Å²) in [5.41, 5.74) is 5.43. The van der Waals surface area contributed by atoms with Gasteiger partial charge < -0.3 is 16.4 Å². The quantitative estimate of drug-likeness (QED) is 0.662. The van der Waals surface area contributed by atoms with Gasteiger partial charge in [-0.15, -0.1) is 0 Å². The fourth-order valence-electron chi connectivity index (χ4n) is 1.79. The molecule has 0 aliphatic heterocycles. The van der Waals surface area contributed by atoms with Crippen molar-refractivity contribution >= 4 is 6.03 Å². The van der Waals surface area contributed by atoms with E-state index in [1.807, 2.05) is 13.8 Å². The van der Waals surface area contributed by atoms with Crippen LogP contribution in [-0.4, -0.2) is 24.2 Å². The third-order valence-corrected chi connectivity index (χ3v) is 2.64. The number of amides is 2. The maximum absolute atomic E-state index is 11.5. The van der Waals surface area contributed by atoms with E-state index < -0.39 is 0 Å². The highest BCUT2D eigenvalue weighted by Crippen LogP contribution is 2.17. The van der Waals surface area contributed by atoms with E-state index in [0.29, 0.717) is 12.6 Å². The zero-order chi connectivity index (χ0) is 11.3. The summed E-state index contributed by atoms with van der Waals surface area (Å²) in [7, 11) is 0. The lowest BCUT2D eigenvalue weighted by Crippen LogP contribution is -2.50. The molecule has 0 unspecified atom stereocenters. The molecule has 0 atom stereocenters. The van der Waals surface area contributed by atoms with Crippen molar-refractivity contribution in [3.05, 3.63) is 0 Å². The highest BCUT2D eigenvalue weighted by atomic mass is 16.2. The first-order valence-corrected chi connectivity index (χ1v) is 5.81. The van der Waals surface area contributed by atoms with Gasteiger partial charge in [-0.3, -0.25) is 0 Å². The van der Waals surface area contributed by atoms with Crippen molar-refractivity contribution < 1.29 is 4.79 Å². The molecule has 0 bridgehead atoms. The van der Waals surface area contributed by atoms with E-state index in [4.69, 9.17) is 5.73 Å². The molecule has 2 amide bonds. The van der Waals surface area contributed by atoms with Crippen LogP contribution in [-0.2, 0) is 0 Å². The standard InChI is InChI=1S/C11H23N3O/c1-11(2,12)8-13-10(15)14-9-6-4-3-5-7-9/h9H,3-8,12H2,1-2H3,(H2,13,14,15). The molecule has 1 saturated carbocycles. The summed E-state index contributed by atoms with van der Waals surface area (Å²) in [5.74, 6) is 0. The zero-order valence-corrected chi connectivity index (χ0v) is 9.81. The minimum atomic E-state index is -0.343. The molecular weight excluding hydrogens is 190 g/mol. The largest absolute Gasteiger partial charge is 0.336 e. The summed E-state index contributed by atoms with van der Waals surface area (Å²) in [5, 5.41) is 5.78. The summed E-state index contributed by atoms with van der Waals surface area (Å²) in [6, 6.07) is 0.278. The number of carbonyl (C=O) groups is 1. The first-order valence-electron chi connectivity index (χ1n) is 5.81. The van der Waals surface area contributed by atoms with Gasteiger partial charge in [0.2, 0.25) is 0 Å². The van der Waals surface area contributed by atoms with E-state index in [0.717, 1.165) is 12.8 Å². The smallest absolute Gasteiger partial charge is 0.315 e. The van der Waals surface area contributed by atoms with Gasteiger partial charge in [-0.1, -0.05) is 19.3 Å². The van der Waals surface area contributed by atoms with Gasteiger partial charge in [0, 0.05) is 18.1 Å². The first kappa shape index (κ1) is 12.3. The number of urea groups is 1. The summed E-state index contributed by atoms with van der Waals surface area (Å²) >= 11 is 0. The number of nitrogens with one attached hydrogen (secondary N) is 2. The average Bonchev–Trinajstić information content (AvgIpc) is 2.15. The fraction of sp³-hybridized carbons (Fsp3) is 0.909. The predicted octanol–water partition coefficient (Wildman–Crippen LogP) is 1.36. The average molecular weight is 213 g/mol. The Labute approximate surface area is 92.0 Å². The topological polar surface area (TPSA) is 67.1 Å². The van der Waals surface area contributed by atoms with E-state index in [9.17, 15) is 4.79 Å². The van der Waals surface area contributed by atoms with Gasteiger partial charge in [0.25, 0.3) is 0 Å². The third-order valence-electron chi connectivity index (χ3n) is 2.64. The molecule has 4 heteroatoms. The molecule has 1 fully saturated rings. The van der Waals surface area contributed by atoms with E-state index in [1.54, 1.807) is 0 Å². The Bertz CT molecular complexity index is 204. The minimum absolute atomic E-state index is 0.0829. The van der Waals surface area contributed by atoms with Crippen molar-refractivity contribution in [1.29, 1.82) is 0 Å². The Morgan fingerprint density at radius 1 is 1.33 bits per heavy atom. The Hall–Kier alpha value is -0.770. The Balaban J connectivity index is 2.17. The number of rotatable bonds is 3. The maximum atomic E-state index is 11.5. The third kappa shape index (κ3) is 5.62. The molecule has 15 heavy (non-hydrogen) atoms. The van der Waals surface area contributed by atoms with Gasteiger partial charge in [-0.2, -0.15) is 0 Å². The van der Waals surface area contributed by atoms with Crippen molar-refractivity contribution in [3.8, 4) is 0 Å². The van der Waals surface area contributed by atoms with Crippen molar-refractivity contribution in [1.82, 2.24) is 10.6 Å². The van der Waals surface area contributed by atoms with Crippen LogP contribution in [0.15, 0.2) is 0 Å². The number of carbonyl (C=O) groups excluding carboxylic acids is 1. The van der Waals surface area contributed by atoms with Gasteiger partial charge in [0.05, 0.1) is 0 Å². The van der Waals surface area contributed by atoms with Crippen LogP contribution in [0.3, 0.4) is 0 Å². The fourth-order valence-corrected chi connectivity index (χ4v) is 1.79. The molecule has 4 nitrogen and oxygen atoms in total. The van der Waals surface area contributed by atoms with Crippen LogP contribution in [0.4, 0.5) is 4.79 Å². The summed E-state index contributed by atoms with van der Waals surface area (Å²) in [4.78, 5) is 11.5. The molecule has 0 spiro atoms. The molecule has 0 aromatic carbocycles. The van der Waals surface area contributed by atoms with Crippen molar-refractivity contribution in [3.63, 3.8) is 0 Å². The van der Waals surface area contributed by atoms with Crippen LogP contribution >= 0.6 is 0 Å². The zero-order valence-electron chi connectivity index (χ0n) is 9.81. The van der Waals surface area contributed by atoms with Gasteiger partial charge in [-0.05, 0) is 26.7 Å². The summed E-state index contributed by atoms with van der Waals surface area (Å²) in [6.07, 6.45) is 5.98. The van der Waals surface area contributed by atoms with E-state index >= 15 is 0 Å². The van der Waals surface area contributed by atoms with Gasteiger partial charge in [-0.25, -0.2) is 4.79 Å². The molecule has 88 valence electrons.